The van der Waals surface area contributed by atoms with Gasteiger partial charge in [-0.25, -0.2) is 4.57 Å². The summed E-state index contributed by atoms with van der Waals surface area (Å²) in [6.45, 7) is 8.10. The van der Waals surface area contributed by atoms with Gasteiger partial charge in [0.25, 0.3) is 0 Å². The van der Waals surface area contributed by atoms with Gasteiger partial charge in [-0.3, -0.25) is 4.52 Å². The molecular weight excluding hydrogens is 375 g/mol. The van der Waals surface area contributed by atoms with Crippen LogP contribution in [0.1, 0.15) is 124 Å². The third-order valence-electron chi connectivity index (χ3n) is 4.67. The summed E-state index contributed by atoms with van der Waals surface area (Å²) < 4.78 is 19.7. The molecule has 2 N–H and O–H groups in total. The standard InChI is InChI=1S/C18H39O4P.C4H10O/c1-2-3-4-5-6-7-8-9-10-11-12-13-14-15-16-17-18-22-23(19,20)21;1-3-5-4-2/h2-18H2,1H3,(H2,19,20,21);3-4H2,1-2H3. The van der Waals surface area contributed by atoms with Gasteiger partial charge in [0.05, 0.1) is 6.61 Å². The summed E-state index contributed by atoms with van der Waals surface area (Å²) >= 11 is 0. The van der Waals surface area contributed by atoms with Gasteiger partial charge in [-0.2, -0.15) is 0 Å². The van der Waals surface area contributed by atoms with Gasteiger partial charge >= 0.3 is 7.82 Å². The molecule has 0 unspecified atom stereocenters. The highest BCUT2D eigenvalue weighted by molar-refractivity contribution is 7.46. The molecule has 0 aliphatic heterocycles. The van der Waals surface area contributed by atoms with E-state index < -0.39 is 7.82 Å². The van der Waals surface area contributed by atoms with Crippen molar-refractivity contribution >= 4 is 7.82 Å². The van der Waals surface area contributed by atoms with Crippen molar-refractivity contribution in [1.82, 2.24) is 0 Å². The van der Waals surface area contributed by atoms with Crippen molar-refractivity contribution in [3.8, 4) is 0 Å². The summed E-state index contributed by atoms with van der Waals surface area (Å²) in [5.41, 5.74) is 0. The van der Waals surface area contributed by atoms with E-state index in [1.54, 1.807) is 0 Å². The second kappa shape index (κ2) is 25.1. The number of phosphoric ester groups is 1. The van der Waals surface area contributed by atoms with Gasteiger partial charge < -0.3 is 14.5 Å². The smallest absolute Gasteiger partial charge is 0.382 e. The van der Waals surface area contributed by atoms with Crippen molar-refractivity contribution in [2.75, 3.05) is 19.8 Å². The third-order valence-corrected chi connectivity index (χ3v) is 5.18. The second-order valence-corrected chi connectivity index (χ2v) is 8.65. The lowest BCUT2D eigenvalue weighted by atomic mass is 10.0. The largest absolute Gasteiger partial charge is 0.469 e. The predicted octanol–water partition coefficient (Wildman–Crippen LogP) is 7.40. The van der Waals surface area contributed by atoms with E-state index in [0.29, 0.717) is 0 Å². The highest BCUT2D eigenvalue weighted by Gasteiger charge is 2.12. The Labute approximate surface area is 175 Å². The molecule has 0 aromatic rings. The lowest BCUT2D eigenvalue weighted by molar-refractivity contribution is 0.162. The Kier molecular flexibility index (Phi) is 27.1. The van der Waals surface area contributed by atoms with Crippen molar-refractivity contribution in [1.29, 1.82) is 0 Å². The van der Waals surface area contributed by atoms with Crippen LogP contribution in [0.25, 0.3) is 0 Å². The van der Waals surface area contributed by atoms with Gasteiger partial charge in [-0.15, -0.1) is 0 Å². The summed E-state index contributed by atoms with van der Waals surface area (Å²) in [6.07, 6.45) is 20.7. The van der Waals surface area contributed by atoms with Crippen LogP contribution in [0.5, 0.6) is 0 Å². The summed E-state index contributed by atoms with van der Waals surface area (Å²) in [5.74, 6) is 0. The molecule has 0 aromatic carbocycles. The summed E-state index contributed by atoms with van der Waals surface area (Å²) in [4.78, 5) is 17.1. The van der Waals surface area contributed by atoms with Crippen molar-refractivity contribution < 1.29 is 23.6 Å². The number of phosphoric acid groups is 1. The molecule has 0 bridgehead atoms. The number of rotatable bonds is 20. The van der Waals surface area contributed by atoms with E-state index in [4.69, 9.17) is 14.5 Å². The normalized spacial score (nSPS) is 11.3. The number of unbranched alkanes of at least 4 members (excludes halogenated alkanes) is 15. The van der Waals surface area contributed by atoms with E-state index >= 15 is 0 Å². The zero-order chi connectivity index (χ0) is 21.3. The van der Waals surface area contributed by atoms with E-state index in [0.717, 1.165) is 32.5 Å². The maximum atomic E-state index is 10.5. The van der Waals surface area contributed by atoms with Crippen LogP contribution in [0.2, 0.25) is 0 Å². The summed E-state index contributed by atoms with van der Waals surface area (Å²) in [5, 5.41) is 0. The van der Waals surface area contributed by atoms with Crippen LogP contribution in [0.15, 0.2) is 0 Å². The molecule has 0 fully saturated rings. The maximum Gasteiger partial charge on any atom is 0.469 e. The number of hydrogen-bond donors (Lipinski definition) is 2. The number of hydrogen-bond acceptors (Lipinski definition) is 3. The number of ether oxygens (including phenoxy) is 1. The van der Waals surface area contributed by atoms with E-state index in [9.17, 15) is 4.57 Å². The van der Waals surface area contributed by atoms with Crippen molar-refractivity contribution in [2.24, 2.45) is 0 Å². The minimum absolute atomic E-state index is 0.169. The van der Waals surface area contributed by atoms with Crippen molar-refractivity contribution in [2.45, 2.75) is 124 Å². The average Bonchev–Trinajstić information content (AvgIpc) is 2.64. The van der Waals surface area contributed by atoms with Crippen molar-refractivity contribution in [3.63, 3.8) is 0 Å². The van der Waals surface area contributed by atoms with Crippen LogP contribution >= 0.6 is 7.82 Å². The lowest BCUT2D eigenvalue weighted by Gasteiger charge is -2.05. The Morgan fingerprint density at radius 1 is 0.571 bits per heavy atom. The minimum Gasteiger partial charge on any atom is -0.382 e. The van der Waals surface area contributed by atoms with Gasteiger partial charge in [0, 0.05) is 13.2 Å². The zero-order valence-corrected chi connectivity index (χ0v) is 19.9. The Balaban J connectivity index is 0. The fourth-order valence-corrected chi connectivity index (χ4v) is 3.40. The summed E-state index contributed by atoms with van der Waals surface area (Å²) in [6, 6.07) is 0. The second-order valence-electron chi connectivity index (χ2n) is 7.41. The average molecular weight is 425 g/mol. The Morgan fingerprint density at radius 3 is 1.14 bits per heavy atom. The first kappa shape index (κ1) is 30.3. The first-order chi connectivity index (χ1) is 13.5. The third kappa shape index (κ3) is 33.6. The topological polar surface area (TPSA) is 76.0 Å². The molecule has 0 aromatic heterocycles. The van der Waals surface area contributed by atoms with Gasteiger partial charge in [0.15, 0.2) is 0 Å². The van der Waals surface area contributed by atoms with Gasteiger partial charge in [-0.1, -0.05) is 103 Å². The molecule has 6 heteroatoms. The van der Waals surface area contributed by atoms with Crippen LogP contribution < -0.4 is 0 Å². The van der Waals surface area contributed by atoms with Crippen LogP contribution in [0.4, 0.5) is 0 Å². The molecule has 0 aliphatic carbocycles. The van der Waals surface area contributed by atoms with E-state index in [-0.39, 0.29) is 6.61 Å². The Hall–Kier alpha value is 0.0700. The molecule has 28 heavy (non-hydrogen) atoms. The predicted molar refractivity (Wildman–Crippen MR) is 120 cm³/mol. The van der Waals surface area contributed by atoms with Crippen LogP contribution in [-0.2, 0) is 13.8 Å². The molecule has 172 valence electrons. The fraction of sp³-hybridized carbons (Fsp3) is 1.00. The van der Waals surface area contributed by atoms with Gasteiger partial charge in [0.2, 0.25) is 0 Å². The molecule has 0 aliphatic rings. The molecule has 0 saturated carbocycles. The molecule has 0 heterocycles. The van der Waals surface area contributed by atoms with Gasteiger partial charge in [0.1, 0.15) is 0 Å². The molecule has 0 radical (unpaired) electrons. The first-order valence-corrected chi connectivity index (χ1v) is 13.3. The van der Waals surface area contributed by atoms with E-state index in [2.05, 4.69) is 11.4 Å². The van der Waals surface area contributed by atoms with Crippen LogP contribution in [0, 0.1) is 0 Å². The quantitative estimate of drug-likeness (QED) is 0.157. The molecule has 0 amide bonds. The SMILES string of the molecule is CCCCCCCCCCCCCCCCCCOP(=O)(O)O.CCOCC. The Morgan fingerprint density at radius 2 is 0.893 bits per heavy atom. The fourth-order valence-electron chi connectivity index (χ4n) is 3.04. The minimum atomic E-state index is -4.26. The van der Waals surface area contributed by atoms with Crippen LogP contribution in [-0.4, -0.2) is 29.6 Å². The molecule has 0 rings (SSSR count). The maximum absolute atomic E-state index is 10.5. The van der Waals surface area contributed by atoms with E-state index in [1.165, 1.54) is 83.5 Å². The lowest BCUT2D eigenvalue weighted by Crippen LogP contribution is -1.92. The monoisotopic (exact) mass is 424 g/mol. The molecule has 5 nitrogen and oxygen atoms in total. The van der Waals surface area contributed by atoms with Crippen molar-refractivity contribution in [3.05, 3.63) is 0 Å². The molecular formula is C22H49O5P. The van der Waals surface area contributed by atoms with Gasteiger partial charge in [-0.05, 0) is 20.3 Å². The molecule has 0 spiro atoms. The Bertz CT molecular complexity index is 318. The zero-order valence-electron chi connectivity index (χ0n) is 19.0. The summed E-state index contributed by atoms with van der Waals surface area (Å²) in [7, 11) is -4.26. The highest BCUT2D eigenvalue weighted by atomic mass is 31.2. The van der Waals surface area contributed by atoms with E-state index in [1.807, 2.05) is 13.8 Å². The molecule has 0 saturated heterocycles. The molecule has 0 atom stereocenters. The highest BCUT2D eigenvalue weighted by Crippen LogP contribution is 2.35. The van der Waals surface area contributed by atoms with Crippen LogP contribution in [0.3, 0.4) is 0 Å². The first-order valence-electron chi connectivity index (χ1n) is 11.8.